The molecule has 7 nitrogen and oxygen atoms in total. The van der Waals surface area contributed by atoms with Crippen molar-refractivity contribution in [3.63, 3.8) is 0 Å². The van der Waals surface area contributed by atoms with E-state index in [9.17, 15) is 18.0 Å². The Labute approximate surface area is 213 Å². The van der Waals surface area contributed by atoms with Crippen LogP contribution >= 0.6 is 0 Å². The zero-order valence-electron chi connectivity index (χ0n) is 21.5. The SMILES string of the molecule is Cc1ccc(N(Cc2ccc(C(=O)Nc3ccccc3C(=O)NC(C)(C)C)cc2)S(C)(=O)=O)cc1C. The van der Waals surface area contributed by atoms with Crippen molar-refractivity contribution in [1.82, 2.24) is 5.32 Å². The fourth-order valence-electron chi connectivity index (χ4n) is 3.60. The van der Waals surface area contributed by atoms with Gasteiger partial charge in [0.25, 0.3) is 11.8 Å². The molecule has 0 fully saturated rings. The van der Waals surface area contributed by atoms with Crippen LogP contribution in [0.15, 0.2) is 66.7 Å². The Morgan fingerprint density at radius 3 is 2.08 bits per heavy atom. The molecule has 3 rings (SSSR count). The van der Waals surface area contributed by atoms with Crippen molar-refractivity contribution >= 4 is 33.2 Å². The van der Waals surface area contributed by atoms with Crippen LogP contribution in [0.2, 0.25) is 0 Å². The van der Waals surface area contributed by atoms with Gasteiger partial charge >= 0.3 is 0 Å². The highest BCUT2D eigenvalue weighted by atomic mass is 32.2. The van der Waals surface area contributed by atoms with Gasteiger partial charge in [-0.3, -0.25) is 13.9 Å². The number of sulfonamides is 1. The van der Waals surface area contributed by atoms with Crippen molar-refractivity contribution in [2.24, 2.45) is 0 Å². The Hall–Kier alpha value is -3.65. The minimum absolute atomic E-state index is 0.138. The molecule has 2 N–H and O–H groups in total. The molecular formula is C28H33N3O4S. The average Bonchev–Trinajstić information content (AvgIpc) is 2.78. The van der Waals surface area contributed by atoms with Crippen LogP contribution in [0.3, 0.4) is 0 Å². The summed E-state index contributed by atoms with van der Waals surface area (Å²) in [6.07, 6.45) is 1.18. The zero-order valence-corrected chi connectivity index (χ0v) is 22.4. The first kappa shape index (κ1) is 26.9. The summed E-state index contributed by atoms with van der Waals surface area (Å²) in [5.74, 6) is -0.646. The van der Waals surface area contributed by atoms with Gasteiger partial charge in [0.15, 0.2) is 0 Å². The van der Waals surface area contributed by atoms with E-state index in [1.54, 1.807) is 54.6 Å². The minimum Gasteiger partial charge on any atom is -0.347 e. The number of carbonyl (C=O) groups is 2. The van der Waals surface area contributed by atoms with Crippen LogP contribution < -0.4 is 14.9 Å². The quantitative estimate of drug-likeness (QED) is 0.468. The number of anilines is 2. The van der Waals surface area contributed by atoms with Crippen molar-refractivity contribution in [1.29, 1.82) is 0 Å². The second kappa shape index (κ2) is 10.5. The molecule has 0 spiro atoms. The number of aryl methyl sites for hydroxylation is 2. The molecule has 0 heterocycles. The van der Waals surface area contributed by atoms with E-state index in [1.807, 2.05) is 46.8 Å². The van der Waals surface area contributed by atoms with Gasteiger partial charge in [-0.25, -0.2) is 8.42 Å². The number of rotatable bonds is 7. The van der Waals surface area contributed by atoms with Crippen molar-refractivity contribution in [2.45, 2.75) is 46.7 Å². The highest BCUT2D eigenvalue weighted by Gasteiger charge is 2.20. The Morgan fingerprint density at radius 1 is 0.861 bits per heavy atom. The molecule has 0 saturated heterocycles. The summed E-state index contributed by atoms with van der Waals surface area (Å²) in [5.41, 5.74) is 4.17. The summed E-state index contributed by atoms with van der Waals surface area (Å²) < 4.78 is 26.4. The molecule has 0 aromatic heterocycles. The summed E-state index contributed by atoms with van der Waals surface area (Å²) in [5, 5.41) is 5.71. The summed E-state index contributed by atoms with van der Waals surface area (Å²) in [6.45, 7) is 9.72. The first-order valence-corrected chi connectivity index (χ1v) is 13.5. The molecule has 2 amide bonds. The smallest absolute Gasteiger partial charge is 0.255 e. The second-order valence-corrected chi connectivity index (χ2v) is 11.8. The first-order chi connectivity index (χ1) is 16.7. The highest BCUT2D eigenvalue weighted by Crippen LogP contribution is 2.24. The van der Waals surface area contributed by atoms with Crippen LogP contribution in [0.1, 0.15) is 58.2 Å². The lowest BCUT2D eigenvalue weighted by atomic mass is 10.1. The van der Waals surface area contributed by atoms with E-state index < -0.39 is 15.6 Å². The zero-order chi connectivity index (χ0) is 26.7. The third kappa shape index (κ3) is 6.95. The molecule has 0 aliphatic rings. The van der Waals surface area contributed by atoms with Gasteiger partial charge in [-0.05, 0) is 87.7 Å². The van der Waals surface area contributed by atoms with E-state index in [0.29, 0.717) is 22.5 Å². The summed E-state index contributed by atoms with van der Waals surface area (Å²) in [4.78, 5) is 25.6. The van der Waals surface area contributed by atoms with Gasteiger partial charge in [-0.1, -0.05) is 30.3 Å². The lowest BCUT2D eigenvalue weighted by molar-refractivity contribution is 0.0920. The molecule has 190 valence electrons. The van der Waals surface area contributed by atoms with Crippen LogP contribution in [0.25, 0.3) is 0 Å². The molecule has 36 heavy (non-hydrogen) atoms. The molecule has 8 heteroatoms. The Balaban J connectivity index is 1.78. The molecule has 3 aromatic carbocycles. The topological polar surface area (TPSA) is 95.6 Å². The van der Waals surface area contributed by atoms with Gasteiger partial charge < -0.3 is 10.6 Å². The number of amides is 2. The maximum absolute atomic E-state index is 12.9. The summed E-state index contributed by atoms with van der Waals surface area (Å²) >= 11 is 0. The van der Waals surface area contributed by atoms with Crippen molar-refractivity contribution in [2.75, 3.05) is 15.9 Å². The van der Waals surface area contributed by atoms with Gasteiger partial charge in [0.05, 0.1) is 29.7 Å². The molecule has 0 aliphatic carbocycles. The van der Waals surface area contributed by atoms with Crippen molar-refractivity contribution in [3.05, 3.63) is 94.5 Å². The molecule has 0 radical (unpaired) electrons. The van der Waals surface area contributed by atoms with E-state index in [1.165, 1.54) is 10.6 Å². The van der Waals surface area contributed by atoms with Crippen LogP contribution in [0, 0.1) is 13.8 Å². The number of hydrogen-bond acceptors (Lipinski definition) is 4. The van der Waals surface area contributed by atoms with Crippen LogP contribution in [-0.2, 0) is 16.6 Å². The number of nitrogens with zero attached hydrogens (tertiary/aromatic N) is 1. The van der Waals surface area contributed by atoms with Crippen LogP contribution in [0.4, 0.5) is 11.4 Å². The van der Waals surface area contributed by atoms with Crippen molar-refractivity contribution < 1.29 is 18.0 Å². The molecule has 3 aromatic rings. The maximum Gasteiger partial charge on any atom is 0.255 e. The average molecular weight is 508 g/mol. The molecule has 0 aliphatic heterocycles. The lowest BCUT2D eigenvalue weighted by Crippen LogP contribution is -2.40. The monoisotopic (exact) mass is 507 g/mol. The van der Waals surface area contributed by atoms with Gasteiger partial charge in [-0.15, -0.1) is 0 Å². The lowest BCUT2D eigenvalue weighted by Gasteiger charge is -2.23. The van der Waals surface area contributed by atoms with Crippen molar-refractivity contribution in [3.8, 4) is 0 Å². The Bertz CT molecular complexity index is 1370. The second-order valence-electron chi connectivity index (χ2n) is 9.94. The Kier molecular flexibility index (Phi) is 7.89. The summed E-state index contributed by atoms with van der Waals surface area (Å²) in [6, 6.07) is 19.1. The van der Waals surface area contributed by atoms with E-state index in [2.05, 4.69) is 10.6 Å². The third-order valence-electron chi connectivity index (χ3n) is 5.63. The van der Waals surface area contributed by atoms with Crippen LogP contribution in [0.5, 0.6) is 0 Å². The normalized spacial score (nSPS) is 11.6. The molecule has 0 atom stereocenters. The standard InChI is InChI=1S/C28H33N3O4S/c1-19-11-16-23(17-20(19)2)31(36(6,34)35)18-21-12-14-22(15-13-21)26(32)29-25-10-8-7-9-24(25)27(33)30-28(3,4)5/h7-17H,18H2,1-6H3,(H,29,32)(H,30,33). The fourth-order valence-corrected chi connectivity index (χ4v) is 4.48. The summed E-state index contributed by atoms with van der Waals surface area (Å²) in [7, 11) is -3.52. The van der Waals surface area contributed by atoms with Crippen LogP contribution in [-0.4, -0.2) is 32.0 Å². The Morgan fingerprint density at radius 2 is 1.50 bits per heavy atom. The number of carbonyl (C=O) groups excluding carboxylic acids is 2. The molecular weight excluding hydrogens is 474 g/mol. The van der Waals surface area contributed by atoms with Gasteiger partial charge in [0, 0.05) is 11.1 Å². The van der Waals surface area contributed by atoms with E-state index in [0.717, 1.165) is 16.7 Å². The molecule has 0 unspecified atom stereocenters. The molecule has 0 bridgehead atoms. The van der Waals surface area contributed by atoms with Gasteiger partial charge in [-0.2, -0.15) is 0 Å². The molecule has 0 saturated carbocycles. The van der Waals surface area contributed by atoms with E-state index in [-0.39, 0.29) is 18.4 Å². The minimum atomic E-state index is -3.52. The number of para-hydroxylation sites is 1. The number of hydrogen-bond donors (Lipinski definition) is 2. The van der Waals surface area contributed by atoms with Gasteiger partial charge in [0.2, 0.25) is 10.0 Å². The third-order valence-corrected chi connectivity index (χ3v) is 6.77. The van der Waals surface area contributed by atoms with E-state index >= 15 is 0 Å². The number of nitrogens with one attached hydrogen (secondary N) is 2. The van der Waals surface area contributed by atoms with E-state index in [4.69, 9.17) is 0 Å². The predicted octanol–water partition coefficient (Wildman–Crippen LogP) is 5.05. The fraction of sp³-hybridized carbons (Fsp3) is 0.286. The largest absolute Gasteiger partial charge is 0.347 e. The predicted molar refractivity (Wildman–Crippen MR) is 145 cm³/mol. The number of benzene rings is 3. The maximum atomic E-state index is 12.9. The van der Waals surface area contributed by atoms with Gasteiger partial charge in [0.1, 0.15) is 0 Å². The highest BCUT2D eigenvalue weighted by molar-refractivity contribution is 7.92. The first-order valence-electron chi connectivity index (χ1n) is 11.6.